The van der Waals surface area contributed by atoms with Gasteiger partial charge in [-0.25, -0.2) is 17.2 Å². The fourth-order valence-corrected chi connectivity index (χ4v) is 5.78. The number of aromatic nitrogens is 2. The summed E-state index contributed by atoms with van der Waals surface area (Å²) < 4.78 is 61.5. The summed E-state index contributed by atoms with van der Waals surface area (Å²) in [6, 6.07) is 17.3. The Hall–Kier alpha value is -3.65. The third-order valence-corrected chi connectivity index (χ3v) is 8.40. The lowest BCUT2D eigenvalue weighted by Crippen LogP contribution is -2.18. The van der Waals surface area contributed by atoms with Crippen LogP contribution in [-0.4, -0.2) is 25.1 Å². The standard InChI is InChI=1S/C29H21ClF2N2O4S.H3P/c1-17-11-18(3-8-24(17)30)23-13-28(38-2)27(14-25(23)32)34-26-9-7-22(12-19(26)4-10-29(34)35)39(36,37)16-21-6-5-20(31)15-33-21;/h3-15H,16H2,1-2H3;1H3. The van der Waals surface area contributed by atoms with E-state index >= 15 is 4.39 Å². The van der Waals surface area contributed by atoms with Crippen LogP contribution in [0.15, 0.2) is 88.7 Å². The second-order valence-corrected chi connectivity index (χ2v) is 11.3. The first-order valence-corrected chi connectivity index (χ1v) is 13.7. The van der Waals surface area contributed by atoms with E-state index in [-0.39, 0.29) is 37.5 Å². The van der Waals surface area contributed by atoms with Gasteiger partial charge in [0.15, 0.2) is 9.84 Å². The summed E-state index contributed by atoms with van der Waals surface area (Å²) in [5.74, 6) is -1.33. The van der Waals surface area contributed by atoms with Gasteiger partial charge in [-0.3, -0.25) is 14.3 Å². The van der Waals surface area contributed by atoms with E-state index in [0.29, 0.717) is 21.5 Å². The molecular formula is C29H24ClF2N2O4PS. The van der Waals surface area contributed by atoms with Crippen LogP contribution in [0.1, 0.15) is 11.3 Å². The predicted molar refractivity (Wildman–Crippen MR) is 157 cm³/mol. The Bertz CT molecular complexity index is 1910. The third-order valence-electron chi connectivity index (χ3n) is 6.33. The molecule has 0 saturated carbocycles. The van der Waals surface area contributed by atoms with E-state index in [0.717, 1.165) is 17.8 Å². The molecule has 0 radical (unpaired) electrons. The summed E-state index contributed by atoms with van der Waals surface area (Å²) in [5.41, 5.74) is 1.89. The number of benzene rings is 3. The molecule has 0 fully saturated rings. The van der Waals surface area contributed by atoms with E-state index in [2.05, 4.69) is 4.98 Å². The molecule has 0 saturated heterocycles. The molecule has 5 rings (SSSR count). The van der Waals surface area contributed by atoms with E-state index < -0.39 is 32.8 Å². The number of hydrogen-bond acceptors (Lipinski definition) is 5. The molecule has 0 aliphatic heterocycles. The average Bonchev–Trinajstić information content (AvgIpc) is 2.91. The smallest absolute Gasteiger partial charge is 0.255 e. The number of sulfone groups is 1. The summed E-state index contributed by atoms with van der Waals surface area (Å²) in [4.78, 5) is 16.8. The largest absolute Gasteiger partial charge is 0.495 e. The second kappa shape index (κ2) is 11.5. The van der Waals surface area contributed by atoms with Crippen LogP contribution in [0, 0.1) is 18.6 Å². The van der Waals surface area contributed by atoms with Gasteiger partial charge in [0.25, 0.3) is 5.56 Å². The zero-order valence-electron chi connectivity index (χ0n) is 21.5. The summed E-state index contributed by atoms with van der Waals surface area (Å²) in [6.07, 6.45) is 0.954. The van der Waals surface area contributed by atoms with E-state index in [1.54, 1.807) is 18.2 Å². The molecule has 0 spiro atoms. The lowest BCUT2D eigenvalue weighted by atomic mass is 10.0. The van der Waals surface area contributed by atoms with Gasteiger partial charge in [0.05, 0.1) is 40.9 Å². The van der Waals surface area contributed by atoms with Crippen LogP contribution in [0.5, 0.6) is 5.75 Å². The third kappa shape index (κ3) is 5.63. The fraction of sp³-hybridized carbons (Fsp3) is 0.103. The summed E-state index contributed by atoms with van der Waals surface area (Å²) in [7, 11) is -2.42. The van der Waals surface area contributed by atoms with Gasteiger partial charge in [0.2, 0.25) is 0 Å². The highest BCUT2D eigenvalue weighted by molar-refractivity contribution is 7.90. The molecule has 40 heavy (non-hydrogen) atoms. The number of methoxy groups -OCH3 is 1. The zero-order valence-corrected chi connectivity index (χ0v) is 24.5. The first-order valence-electron chi connectivity index (χ1n) is 11.7. The molecule has 3 aromatic carbocycles. The number of ether oxygens (including phenoxy) is 1. The van der Waals surface area contributed by atoms with Gasteiger partial charge in [0.1, 0.15) is 17.4 Å². The van der Waals surface area contributed by atoms with Crippen molar-refractivity contribution >= 4 is 42.2 Å². The normalized spacial score (nSPS) is 11.3. The number of hydrogen-bond donors (Lipinski definition) is 0. The van der Waals surface area contributed by atoms with Crippen molar-refractivity contribution in [2.45, 2.75) is 17.6 Å². The predicted octanol–water partition coefficient (Wildman–Crippen LogP) is 6.33. The highest BCUT2D eigenvalue weighted by atomic mass is 35.5. The average molecular weight is 601 g/mol. The zero-order chi connectivity index (χ0) is 27.9. The lowest BCUT2D eigenvalue weighted by molar-refractivity contribution is 0.412. The number of nitrogens with zero attached hydrogens (tertiary/aromatic N) is 2. The first-order chi connectivity index (χ1) is 18.6. The van der Waals surface area contributed by atoms with Gasteiger partial charge in [-0.05, 0) is 72.6 Å². The molecular weight excluding hydrogens is 577 g/mol. The van der Waals surface area contributed by atoms with E-state index in [9.17, 15) is 17.6 Å². The Morgan fingerprint density at radius 1 is 0.975 bits per heavy atom. The number of halogens is 3. The molecule has 0 N–H and O–H groups in total. The van der Waals surface area contributed by atoms with Crippen molar-refractivity contribution in [1.29, 1.82) is 0 Å². The SMILES string of the molecule is COc1cc(-c2ccc(Cl)c(C)c2)c(F)cc1-n1c(=O)ccc2cc(S(=O)(=O)Cc3ccc(F)cn3)ccc21.P. The van der Waals surface area contributed by atoms with Gasteiger partial charge in [-0.2, -0.15) is 9.90 Å². The molecule has 206 valence electrons. The molecule has 0 amide bonds. The van der Waals surface area contributed by atoms with Crippen LogP contribution in [0.2, 0.25) is 5.02 Å². The molecule has 11 heteroatoms. The first kappa shape index (κ1) is 29.3. The van der Waals surface area contributed by atoms with Crippen LogP contribution in [0.25, 0.3) is 27.7 Å². The Morgan fingerprint density at radius 3 is 2.42 bits per heavy atom. The minimum atomic E-state index is -3.83. The van der Waals surface area contributed by atoms with E-state index in [1.807, 2.05) is 6.92 Å². The van der Waals surface area contributed by atoms with Gasteiger partial charge in [-0.1, -0.05) is 17.7 Å². The van der Waals surface area contributed by atoms with Crippen LogP contribution in [-0.2, 0) is 15.6 Å². The molecule has 0 aliphatic carbocycles. The highest BCUT2D eigenvalue weighted by Crippen LogP contribution is 2.35. The summed E-state index contributed by atoms with van der Waals surface area (Å²) in [6.45, 7) is 1.82. The van der Waals surface area contributed by atoms with Crippen molar-refractivity contribution < 1.29 is 21.9 Å². The Morgan fingerprint density at radius 2 is 1.75 bits per heavy atom. The number of aryl methyl sites for hydroxylation is 1. The van der Waals surface area contributed by atoms with Crippen molar-refractivity contribution in [3.63, 3.8) is 0 Å². The molecule has 0 aliphatic rings. The van der Waals surface area contributed by atoms with Crippen molar-refractivity contribution in [3.8, 4) is 22.6 Å². The van der Waals surface area contributed by atoms with Gasteiger partial charge >= 0.3 is 0 Å². The minimum Gasteiger partial charge on any atom is -0.495 e. The molecule has 1 unspecified atom stereocenters. The lowest BCUT2D eigenvalue weighted by Gasteiger charge is -2.17. The molecule has 2 aromatic heterocycles. The Kier molecular flexibility index (Phi) is 8.40. The van der Waals surface area contributed by atoms with Gasteiger partial charge in [0, 0.05) is 28.1 Å². The molecule has 5 aromatic rings. The summed E-state index contributed by atoms with van der Waals surface area (Å²) >= 11 is 6.12. The van der Waals surface area contributed by atoms with Crippen LogP contribution in [0.4, 0.5) is 8.78 Å². The van der Waals surface area contributed by atoms with Gasteiger partial charge in [-0.15, -0.1) is 0 Å². The van der Waals surface area contributed by atoms with Crippen LogP contribution < -0.4 is 10.3 Å². The number of pyridine rings is 2. The molecule has 2 heterocycles. The monoisotopic (exact) mass is 600 g/mol. The van der Waals surface area contributed by atoms with Crippen molar-refractivity contribution in [1.82, 2.24) is 9.55 Å². The second-order valence-electron chi connectivity index (χ2n) is 8.92. The van der Waals surface area contributed by atoms with Gasteiger partial charge < -0.3 is 4.74 Å². The minimum absolute atomic E-state index is 0. The van der Waals surface area contributed by atoms with Crippen molar-refractivity contribution in [2.75, 3.05) is 7.11 Å². The van der Waals surface area contributed by atoms with E-state index in [1.165, 1.54) is 60.2 Å². The number of rotatable bonds is 6. The molecule has 1 atom stereocenters. The van der Waals surface area contributed by atoms with Crippen molar-refractivity contribution in [3.05, 3.63) is 117 Å². The Labute approximate surface area is 237 Å². The maximum atomic E-state index is 15.4. The van der Waals surface area contributed by atoms with Crippen molar-refractivity contribution in [2.24, 2.45) is 0 Å². The van der Waals surface area contributed by atoms with Crippen LogP contribution >= 0.6 is 21.5 Å². The Balaban J connectivity index is 0.00000370. The summed E-state index contributed by atoms with van der Waals surface area (Å²) in [5, 5.41) is 0.989. The topological polar surface area (TPSA) is 78.3 Å². The van der Waals surface area contributed by atoms with Crippen LogP contribution in [0.3, 0.4) is 0 Å². The molecule has 0 bridgehead atoms. The maximum Gasteiger partial charge on any atom is 0.255 e. The maximum absolute atomic E-state index is 15.4. The highest BCUT2D eigenvalue weighted by Gasteiger charge is 2.20. The molecule has 6 nitrogen and oxygen atoms in total. The fourth-order valence-electron chi connectivity index (χ4n) is 4.35. The number of fused-ring (bicyclic) bond motifs is 1. The quantitative estimate of drug-likeness (QED) is 0.213. The van der Waals surface area contributed by atoms with E-state index in [4.69, 9.17) is 16.3 Å².